The summed E-state index contributed by atoms with van der Waals surface area (Å²) in [6.45, 7) is 4.97. The number of anilines is 1. The van der Waals surface area contributed by atoms with Gasteiger partial charge >= 0.3 is 0 Å². The molecule has 0 spiro atoms. The minimum Gasteiger partial charge on any atom is -0.492 e. The topological polar surface area (TPSA) is 71.8 Å². The van der Waals surface area contributed by atoms with Crippen LogP contribution in [0.1, 0.15) is 46.2 Å². The number of hydrogen-bond acceptors (Lipinski definition) is 4. The maximum Gasteiger partial charge on any atom is 0.293 e. The number of carbonyl (C=O) groups is 2. The Kier molecular flexibility index (Phi) is 6.91. The molecule has 30 heavy (non-hydrogen) atoms. The molecule has 0 aliphatic carbocycles. The molecule has 156 valence electrons. The van der Waals surface area contributed by atoms with Gasteiger partial charge in [0.25, 0.3) is 11.8 Å². The molecule has 0 unspecified atom stereocenters. The number of para-hydroxylation sites is 1. The van der Waals surface area contributed by atoms with Crippen molar-refractivity contribution in [1.82, 2.24) is 5.32 Å². The number of nitrogens with one attached hydrogen (secondary N) is 1. The van der Waals surface area contributed by atoms with E-state index in [4.69, 9.17) is 9.15 Å². The van der Waals surface area contributed by atoms with Crippen LogP contribution in [0, 0.1) is 0 Å². The maximum absolute atomic E-state index is 12.7. The van der Waals surface area contributed by atoms with Crippen molar-refractivity contribution in [2.75, 3.05) is 25.1 Å². The van der Waals surface area contributed by atoms with Crippen LogP contribution in [0.4, 0.5) is 5.69 Å². The van der Waals surface area contributed by atoms with Gasteiger partial charge in [0, 0.05) is 7.05 Å². The highest BCUT2D eigenvalue weighted by atomic mass is 16.5. The highest BCUT2D eigenvalue weighted by Crippen LogP contribution is 2.21. The van der Waals surface area contributed by atoms with Crippen molar-refractivity contribution in [3.05, 3.63) is 83.8 Å². The summed E-state index contributed by atoms with van der Waals surface area (Å²) in [5.74, 6) is 0.843. The van der Waals surface area contributed by atoms with Crippen molar-refractivity contribution in [2.45, 2.75) is 19.8 Å². The average molecular weight is 406 g/mol. The van der Waals surface area contributed by atoms with E-state index >= 15 is 0 Å². The van der Waals surface area contributed by atoms with Gasteiger partial charge in [-0.25, -0.2) is 0 Å². The lowest BCUT2D eigenvalue weighted by atomic mass is 10.0. The normalized spacial score (nSPS) is 10.7. The molecule has 1 heterocycles. The van der Waals surface area contributed by atoms with E-state index in [0.29, 0.717) is 30.3 Å². The van der Waals surface area contributed by atoms with E-state index in [1.165, 1.54) is 16.7 Å². The van der Waals surface area contributed by atoms with Gasteiger partial charge in [0.2, 0.25) is 0 Å². The molecule has 0 saturated heterocycles. The first kappa shape index (κ1) is 21.2. The zero-order valence-electron chi connectivity index (χ0n) is 17.4. The number of carbonyl (C=O) groups excluding carboxylic acids is 2. The Morgan fingerprint density at radius 2 is 1.77 bits per heavy atom. The first-order valence-corrected chi connectivity index (χ1v) is 9.89. The summed E-state index contributed by atoms with van der Waals surface area (Å²) < 4.78 is 10.9. The van der Waals surface area contributed by atoms with E-state index in [1.54, 1.807) is 43.4 Å². The summed E-state index contributed by atoms with van der Waals surface area (Å²) in [4.78, 5) is 26.6. The summed E-state index contributed by atoms with van der Waals surface area (Å²) in [6.07, 6.45) is 1.44. The Morgan fingerprint density at radius 3 is 2.43 bits per heavy atom. The molecule has 0 bridgehead atoms. The third-order valence-electron chi connectivity index (χ3n) is 4.75. The minimum atomic E-state index is -0.326. The fraction of sp³-hybridized carbons (Fsp3) is 0.250. The minimum absolute atomic E-state index is 0.213. The van der Waals surface area contributed by atoms with Crippen molar-refractivity contribution in [1.29, 1.82) is 0 Å². The predicted octanol–water partition coefficient (Wildman–Crippen LogP) is 4.49. The quantitative estimate of drug-likeness (QED) is 0.560. The van der Waals surface area contributed by atoms with Crippen LogP contribution in [0.15, 0.2) is 71.3 Å². The molecule has 0 atom stereocenters. The number of hydrogen-bond donors (Lipinski definition) is 1. The van der Waals surface area contributed by atoms with E-state index in [0.717, 1.165) is 5.75 Å². The lowest BCUT2D eigenvalue weighted by Gasteiger charge is -2.19. The van der Waals surface area contributed by atoms with Crippen LogP contribution in [-0.2, 0) is 0 Å². The third-order valence-corrected chi connectivity index (χ3v) is 4.75. The largest absolute Gasteiger partial charge is 0.492 e. The number of benzene rings is 2. The molecule has 0 fully saturated rings. The number of rotatable bonds is 8. The summed E-state index contributed by atoms with van der Waals surface area (Å²) in [6, 6.07) is 18.1. The number of ether oxygens (including phenoxy) is 1. The molecule has 0 saturated carbocycles. The second kappa shape index (κ2) is 9.78. The zero-order valence-corrected chi connectivity index (χ0v) is 17.4. The van der Waals surface area contributed by atoms with Gasteiger partial charge in [-0.2, -0.15) is 0 Å². The number of nitrogens with zero attached hydrogens (tertiary/aromatic N) is 1. The Labute approximate surface area is 176 Å². The second-order valence-electron chi connectivity index (χ2n) is 7.19. The van der Waals surface area contributed by atoms with Gasteiger partial charge in [-0.05, 0) is 47.9 Å². The van der Waals surface area contributed by atoms with Crippen LogP contribution >= 0.6 is 0 Å². The lowest BCUT2D eigenvalue weighted by Crippen LogP contribution is -2.32. The monoisotopic (exact) mass is 406 g/mol. The zero-order chi connectivity index (χ0) is 21.5. The molecular formula is C24H26N2O4. The molecule has 6 nitrogen and oxygen atoms in total. The molecular weight excluding hydrogens is 380 g/mol. The van der Waals surface area contributed by atoms with E-state index < -0.39 is 0 Å². The number of furan rings is 1. The Hall–Kier alpha value is -3.54. The highest BCUT2D eigenvalue weighted by Gasteiger charge is 2.21. The van der Waals surface area contributed by atoms with Gasteiger partial charge < -0.3 is 19.4 Å². The van der Waals surface area contributed by atoms with Gasteiger partial charge in [-0.15, -0.1) is 0 Å². The summed E-state index contributed by atoms with van der Waals surface area (Å²) >= 11 is 0. The van der Waals surface area contributed by atoms with Gasteiger partial charge in [-0.3, -0.25) is 9.59 Å². The summed E-state index contributed by atoms with van der Waals surface area (Å²) in [7, 11) is 1.61. The van der Waals surface area contributed by atoms with Crippen molar-refractivity contribution < 1.29 is 18.7 Å². The molecule has 0 aliphatic heterocycles. The standard InChI is InChI=1S/C24H26N2O4/c1-17(2)18-10-12-19(13-11-18)29-16-14-25-23(27)20-7-4-5-8-21(20)26(3)24(28)22-9-6-15-30-22/h4-13,15,17H,14,16H2,1-3H3,(H,25,27). The Bertz CT molecular complexity index is 979. The average Bonchev–Trinajstić information content (AvgIpc) is 3.31. The van der Waals surface area contributed by atoms with Crippen LogP contribution < -0.4 is 15.0 Å². The molecule has 6 heteroatoms. The van der Waals surface area contributed by atoms with E-state index in [2.05, 4.69) is 19.2 Å². The first-order valence-electron chi connectivity index (χ1n) is 9.89. The molecule has 2 aromatic carbocycles. The van der Waals surface area contributed by atoms with Crippen molar-refractivity contribution >= 4 is 17.5 Å². The van der Waals surface area contributed by atoms with Crippen LogP contribution in [0.5, 0.6) is 5.75 Å². The molecule has 3 rings (SSSR count). The molecule has 0 radical (unpaired) electrons. The Morgan fingerprint density at radius 1 is 1.03 bits per heavy atom. The number of amides is 2. The molecule has 1 N–H and O–H groups in total. The van der Waals surface area contributed by atoms with Crippen molar-refractivity contribution in [3.63, 3.8) is 0 Å². The Balaban J connectivity index is 1.57. The third kappa shape index (κ3) is 5.08. The molecule has 2 amide bonds. The SMILES string of the molecule is CC(C)c1ccc(OCCNC(=O)c2ccccc2N(C)C(=O)c2ccco2)cc1. The van der Waals surface area contributed by atoms with E-state index in [-0.39, 0.29) is 17.6 Å². The predicted molar refractivity (Wildman–Crippen MR) is 116 cm³/mol. The fourth-order valence-corrected chi connectivity index (χ4v) is 3.01. The van der Waals surface area contributed by atoms with Crippen LogP contribution in [0.25, 0.3) is 0 Å². The van der Waals surface area contributed by atoms with Crippen LogP contribution in [0.2, 0.25) is 0 Å². The lowest BCUT2D eigenvalue weighted by molar-refractivity contribution is 0.0947. The fourth-order valence-electron chi connectivity index (χ4n) is 3.01. The van der Waals surface area contributed by atoms with Gasteiger partial charge in [-0.1, -0.05) is 38.1 Å². The smallest absolute Gasteiger partial charge is 0.293 e. The summed E-state index contributed by atoms with van der Waals surface area (Å²) in [5, 5.41) is 2.84. The van der Waals surface area contributed by atoms with Crippen molar-refractivity contribution in [2.24, 2.45) is 0 Å². The van der Waals surface area contributed by atoms with Gasteiger partial charge in [0.05, 0.1) is 24.1 Å². The first-order chi connectivity index (χ1) is 14.5. The highest BCUT2D eigenvalue weighted by molar-refractivity contribution is 6.09. The maximum atomic E-state index is 12.7. The molecule has 1 aromatic heterocycles. The molecule has 3 aromatic rings. The van der Waals surface area contributed by atoms with Crippen LogP contribution in [-0.4, -0.2) is 32.0 Å². The van der Waals surface area contributed by atoms with E-state index in [9.17, 15) is 9.59 Å². The molecule has 0 aliphatic rings. The van der Waals surface area contributed by atoms with E-state index in [1.807, 2.05) is 24.3 Å². The summed E-state index contributed by atoms with van der Waals surface area (Å²) in [5.41, 5.74) is 2.16. The van der Waals surface area contributed by atoms with Gasteiger partial charge in [0.1, 0.15) is 12.4 Å². The van der Waals surface area contributed by atoms with Crippen LogP contribution in [0.3, 0.4) is 0 Å². The second-order valence-corrected chi connectivity index (χ2v) is 7.19. The van der Waals surface area contributed by atoms with Gasteiger partial charge in [0.15, 0.2) is 5.76 Å². The van der Waals surface area contributed by atoms with Crippen molar-refractivity contribution in [3.8, 4) is 5.75 Å².